The average molecular weight is 311 g/mol. The second kappa shape index (κ2) is 11.8. The van der Waals surface area contributed by atoms with Crippen LogP contribution < -0.4 is 10.6 Å². The largest absolute Gasteiger partial charge is 0.435 e. The van der Waals surface area contributed by atoms with Crippen molar-refractivity contribution in [1.29, 1.82) is 5.41 Å². The molecule has 2 atom stereocenters. The number of carbonyl (C=O) groups excluding carboxylic acids is 2. The fourth-order valence-corrected chi connectivity index (χ4v) is 2.17. The highest BCUT2D eigenvalue weighted by atomic mass is 16.5. The van der Waals surface area contributed by atoms with Gasteiger partial charge in [0.15, 0.2) is 0 Å². The van der Waals surface area contributed by atoms with E-state index in [1.165, 1.54) is 0 Å². The van der Waals surface area contributed by atoms with Gasteiger partial charge in [-0.3, -0.25) is 15.0 Å². The summed E-state index contributed by atoms with van der Waals surface area (Å²) in [4.78, 5) is 22.9. The summed E-state index contributed by atoms with van der Waals surface area (Å²) in [5, 5.41) is 13.6. The maximum atomic E-state index is 11.8. The first kappa shape index (κ1) is 20.1. The SMILES string of the molecule is C=COC(=O)CCCNC(=O)CC(C)CC(C)C(=N)NCC. The highest BCUT2D eigenvalue weighted by Crippen LogP contribution is 2.15. The molecule has 6 heteroatoms. The first-order chi connectivity index (χ1) is 10.4. The fraction of sp³-hybridized carbons (Fsp3) is 0.688. The van der Waals surface area contributed by atoms with E-state index in [4.69, 9.17) is 5.41 Å². The van der Waals surface area contributed by atoms with Crippen LogP contribution in [0.4, 0.5) is 0 Å². The molecule has 0 bridgehead atoms. The van der Waals surface area contributed by atoms with Gasteiger partial charge in [-0.1, -0.05) is 20.4 Å². The van der Waals surface area contributed by atoms with Gasteiger partial charge in [0, 0.05) is 31.8 Å². The van der Waals surface area contributed by atoms with Gasteiger partial charge in [-0.15, -0.1) is 0 Å². The quantitative estimate of drug-likeness (QED) is 0.179. The summed E-state index contributed by atoms with van der Waals surface area (Å²) in [5.41, 5.74) is 0. The number of ether oxygens (including phenoxy) is 1. The highest BCUT2D eigenvalue weighted by molar-refractivity contribution is 5.81. The molecule has 0 fully saturated rings. The first-order valence-corrected chi connectivity index (χ1v) is 7.80. The van der Waals surface area contributed by atoms with Crippen LogP contribution in [0.1, 0.15) is 46.5 Å². The molecule has 0 aliphatic heterocycles. The Hall–Kier alpha value is -1.85. The summed E-state index contributed by atoms with van der Waals surface area (Å²) in [6.07, 6.45) is 3.15. The van der Waals surface area contributed by atoms with Crippen molar-refractivity contribution >= 4 is 17.7 Å². The third kappa shape index (κ3) is 9.96. The number of nitrogens with one attached hydrogen (secondary N) is 3. The zero-order valence-electron chi connectivity index (χ0n) is 13.9. The molecule has 0 saturated carbocycles. The molecule has 0 spiro atoms. The first-order valence-electron chi connectivity index (χ1n) is 7.80. The minimum Gasteiger partial charge on any atom is -0.435 e. The fourth-order valence-electron chi connectivity index (χ4n) is 2.17. The molecule has 6 nitrogen and oxygen atoms in total. The van der Waals surface area contributed by atoms with E-state index < -0.39 is 0 Å². The Bertz CT molecular complexity index is 383. The van der Waals surface area contributed by atoms with Crippen LogP contribution in [0.3, 0.4) is 0 Å². The van der Waals surface area contributed by atoms with Crippen LogP contribution in [0.15, 0.2) is 12.8 Å². The second-order valence-corrected chi connectivity index (χ2v) is 5.50. The van der Waals surface area contributed by atoms with E-state index in [9.17, 15) is 9.59 Å². The third-order valence-corrected chi connectivity index (χ3v) is 3.24. The van der Waals surface area contributed by atoms with Crippen molar-refractivity contribution in [2.75, 3.05) is 13.1 Å². The Morgan fingerprint density at radius 2 is 2.00 bits per heavy atom. The molecule has 3 N–H and O–H groups in total. The van der Waals surface area contributed by atoms with E-state index in [-0.39, 0.29) is 30.1 Å². The summed E-state index contributed by atoms with van der Waals surface area (Å²) in [5.74, 6) is 0.492. The maximum Gasteiger partial charge on any atom is 0.310 e. The summed E-state index contributed by atoms with van der Waals surface area (Å²) in [7, 11) is 0. The van der Waals surface area contributed by atoms with Crippen molar-refractivity contribution in [2.24, 2.45) is 11.8 Å². The zero-order valence-corrected chi connectivity index (χ0v) is 13.9. The van der Waals surface area contributed by atoms with Gasteiger partial charge in [0.1, 0.15) is 0 Å². The molecule has 0 saturated heterocycles. The predicted octanol–water partition coefficient (Wildman–Crippen LogP) is 2.21. The lowest BCUT2D eigenvalue weighted by atomic mass is 9.93. The van der Waals surface area contributed by atoms with Crippen molar-refractivity contribution in [3.8, 4) is 0 Å². The second-order valence-electron chi connectivity index (χ2n) is 5.50. The normalized spacial score (nSPS) is 12.9. The molecule has 2 unspecified atom stereocenters. The van der Waals surface area contributed by atoms with Crippen molar-refractivity contribution in [1.82, 2.24) is 10.6 Å². The van der Waals surface area contributed by atoms with Gasteiger partial charge in [0.2, 0.25) is 5.91 Å². The number of carbonyl (C=O) groups is 2. The number of hydrogen-bond donors (Lipinski definition) is 3. The monoisotopic (exact) mass is 311 g/mol. The van der Waals surface area contributed by atoms with Gasteiger partial charge in [0.25, 0.3) is 0 Å². The molecule has 1 amide bonds. The molecular formula is C16H29N3O3. The zero-order chi connectivity index (χ0) is 17.0. The van der Waals surface area contributed by atoms with Crippen LogP contribution in [-0.4, -0.2) is 30.8 Å². The Morgan fingerprint density at radius 3 is 2.59 bits per heavy atom. The van der Waals surface area contributed by atoms with E-state index in [1.807, 2.05) is 20.8 Å². The number of rotatable bonds is 11. The van der Waals surface area contributed by atoms with Crippen LogP contribution in [0.5, 0.6) is 0 Å². The summed E-state index contributed by atoms with van der Waals surface area (Å²) < 4.78 is 4.59. The number of hydrogen-bond acceptors (Lipinski definition) is 4. The summed E-state index contributed by atoms with van der Waals surface area (Å²) >= 11 is 0. The predicted molar refractivity (Wildman–Crippen MR) is 87.5 cm³/mol. The number of amidine groups is 1. The Labute approximate surface area is 133 Å². The summed E-state index contributed by atoms with van der Waals surface area (Å²) in [6, 6.07) is 0. The number of amides is 1. The van der Waals surface area contributed by atoms with Gasteiger partial charge < -0.3 is 15.4 Å². The molecule has 0 aromatic rings. The van der Waals surface area contributed by atoms with Crippen LogP contribution in [0.25, 0.3) is 0 Å². The Kier molecular flexibility index (Phi) is 10.8. The van der Waals surface area contributed by atoms with E-state index in [2.05, 4.69) is 21.9 Å². The minimum atomic E-state index is -0.339. The van der Waals surface area contributed by atoms with Crippen LogP contribution >= 0.6 is 0 Å². The van der Waals surface area contributed by atoms with E-state index in [0.717, 1.165) is 19.2 Å². The minimum absolute atomic E-state index is 0.0215. The molecule has 0 aliphatic rings. The average Bonchev–Trinajstić information content (AvgIpc) is 2.44. The molecular weight excluding hydrogens is 282 g/mol. The number of esters is 1. The van der Waals surface area contributed by atoms with Gasteiger partial charge in [-0.2, -0.15) is 0 Å². The van der Waals surface area contributed by atoms with Crippen molar-refractivity contribution < 1.29 is 14.3 Å². The van der Waals surface area contributed by atoms with E-state index >= 15 is 0 Å². The van der Waals surface area contributed by atoms with Crippen LogP contribution in [0.2, 0.25) is 0 Å². The molecule has 0 heterocycles. The highest BCUT2D eigenvalue weighted by Gasteiger charge is 2.15. The molecule has 0 aromatic heterocycles. The maximum absolute atomic E-state index is 11.8. The summed E-state index contributed by atoms with van der Waals surface area (Å²) in [6.45, 7) is 10.5. The van der Waals surface area contributed by atoms with Gasteiger partial charge in [0.05, 0.1) is 12.1 Å². The standard InChI is InChI=1S/C16H29N3O3/c1-5-18-16(17)13(4)10-12(3)11-14(20)19-9-7-8-15(21)22-6-2/h6,12-13H,2,5,7-11H2,1,3-4H3,(H2,17,18)(H,19,20). The van der Waals surface area contributed by atoms with Gasteiger partial charge in [-0.25, -0.2) is 0 Å². The molecule has 0 rings (SSSR count). The van der Waals surface area contributed by atoms with E-state index in [1.54, 1.807) is 0 Å². The molecule has 0 aliphatic carbocycles. The van der Waals surface area contributed by atoms with Crippen molar-refractivity contribution in [3.05, 3.63) is 12.8 Å². The smallest absolute Gasteiger partial charge is 0.310 e. The molecule has 0 radical (unpaired) electrons. The van der Waals surface area contributed by atoms with Crippen LogP contribution in [-0.2, 0) is 14.3 Å². The third-order valence-electron chi connectivity index (χ3n) is 3.24. The van der Waals surface area contributed by atoms with Crippen molar-refractivity contribution in [2.45, 2.75) is 46.5 Å². The lowest BCUT2D eigenvalue weighted by molar-refractivity contribution is -0.138. The molecule has 22 heavy (non-hydrogen) atoms. The lowest BCUT2D eigenvalue weighted by Crippen LogP contribution is -2.31. The molecule has 0 aromatic carbocycles. The van der Waals surface area contributed by atoms with Gasteiger partial charge in [-0.05, 0) is 25.7 Å². The Morgan fingerprint density at radius 1 is 1.32 bits per heavy atom. The Balaban J connectivity index is 3.84. The lowest BCUT2D eigenvalue weighted by Gasteiger charge is -2.18. The molecule has 126 valence electrons. The van der Waals surface area contributed by atoms with Crippen molar-refractivity contribution in [3.63, 3.8) is 0 Å². The topological polar surface area (TPSA) is 91.3 Å². The van der Waals surface area contributed by atoms with Crippen LogP contribution in [0, 0.1) is 17.2 Å². The van der Waals surface area contributed by atoms with E-state index in [0.29, 0.717) is 25.2 Å². The van der Waals surface area contributed by atoms with Gasteiger partial charge >= 0.3 is 5.97 Å².